The quantitative estimate of drug-likeness (QED) is 0.865. The van der Waals surface area contributed by atoms with Crippen molar-refractivity contribution < 1.29 is 28.9 Å². The summed E-state index contributed by atoms with van der Waals surface area (Å²) in [4.78, 5) is 25.8. The van der Waals surface area contributed by atoms with E-state index in [1.807, 2.05) is 6.07 Å². The molecule has 2 heterocycles. The minimum Gasteiger partial charge on any atom is -0.493 e. The second-order valence-corrected chi connectivity index (χ2v) is 6.58. The molecule has 0 bridgehead atoms. The average Bonchev–Trinajstić information content (AvgIpc) is 2.99. The molecule has 0 aliphatic carbocycles. The van der Waals surface area contributed by atoms with Gasteiger partial charge in [0.25, 0.3) is 5.91 Å². The van der Waals surface area contributed by atoms with Gasteiger partial charge in [0.05, 0.1) is 13.0 Å². The van der Waals surface area contributed by atoms with Gasteiger partial charge in [-0.05, 0) is 25.0 Å². The SMILES string of the molecule is COc1ccccc1OCC(=O)N1CC(C(=O)O)C2(CCOCC2)C1. The fourth-order valence-electron chi connectivity index (χ4n) is 3.75. The van der Waals surface area contributed by atoms with Crippen LogP contribution < -0.4 is 9.47 Å². The summed E-state index contributed by atoms with van der Waals surface area (Å²) in [6.45, 7) is 1.62. The number of benzene rings is 1. The van der Waals surface area contributed by atoms with Gasteiger partial charge in [-0.3, -0.25) is 9.59 Å². The first-order valence-electron chi connectivity index (χ1n) is 8.40. The van der Waals surface area contributed by atoms with E-state index in [0.29, 0.717) is 44.1 Å². The van der Waals surface area contributed by atoms with Crippen molar-refractivity contribution in [2.75, 3.05) is 40.0 Å². The summed E-state index contributed by atoms with van der Waals surface area (Å²) >= 11 is 0. The molecule has 1 spiro atoms. The van der Waals surface area contributed by atoms with Crippen molar-refractivity contribution in [2.45, 2.75) is 12.8 Å². The molecule has 1 amide bonds. The van der Waals surface area contributed by atoms with E-state index >= 15 is 0 Å². The van der Waals surface area contributed by atoms with Gasteiger partial charge >= 0.3 is 5.97 Å². The van der Waals surface area contributed by atoms with E-state index < -0.39 is 11.9 Å². The molecule has 1 aromatic carbocycles. The van der Waals surface area contributed by atoms with Crippen LogP contribution in [0.4, 0.5) is 0 Å². The Labute approximate surface area is 146 Å². The topological polar surface area (TPSA) is 85.3 Å². The predicted molar refractivity (Wildman–Crippen MR) is 88.7 cm³/mol. The molecule has 7 heteroatoms. The zero-order valence-electron chi connectivity index (χ0n) is 14.3. The van der Waals surface area contributed by atoms with Crippen molar-refractivity contribution >= 4 is 11.9 Å². The maximum atomic E-state index is 12.5. The molecule has 1 aromatic rings. The van der Waals surface area contributed by atoms with Crippen LogP contribution in [-0.4, -0.2) is 61.9 Å². The number of ether oxygens (including phenoxy) is 3. The van der Waals surface area contributed by atoms with Crippen LogP contribution in [0.15, 0.2) is 24.3 Å². The molecule has 2 fully saturated rings. The highest BCUT2D eigenvalue weighted by Crippen LogP contribution is 2.44. The maximum absolute atomic E-state index is 12.5. The molecule has 2 saturated heterocycles. The van der Waals surface area contributed by atoms with Crippen molar-refractivity contribution in [3.63, 3.8) is 0 Å². The van der Waals surface area contributed by atoms with Crippen LogP contribution in [0, 0.1) is 11.3 Å². The van der Waals surface area contributed by atoms with E-state index in [9.17, 15) is 14.7 Å². The monoisotopic (exact) mass is 349 g/mol. The second-order valence-electron chi connectivity index (χ2n) is 6.58. The van der Waals surface area contributed by atoms with Gasteiger partial charge in [-0.25, -0.2) is 0 Å². The molecule has 1 unspecified atom stereocenters. The van der Waals surface area contributed by atoms with E-state index in [2.05, 4.69) is 0 Å². The van der Waals surface area contributed by atoms with Crippen LogP contribution in [0.25, 0.3) is 0 Å². The molecule has 1 N–H and O–H groups in total. The lowest BCUT2D eigenvalue weighted by Crippen LogP contribution is -2.40. The third kappa shape index (κ3) is 3.56. The molecule has 2 aliphatic heterocycles. The molecule has 3 rings (SSSR count). The number of nitrogens with zero attached hydrogens (tertiary/aromatic N) is 1. The van der Waals surface area contributed by atoms with Crippen LogP contribution >= 0.6 is 0 Å². The first-order chi connectivity index (χ1) is 12.1. The van der Waals surface area contributed by atoms with Gasteiger partial charge in [0.2, 0.25) is 0 Å². The summed E-state index contributed by atoms with van der Waals surface area (Å²) in [6.07, 6.45) is 1.34. The summed E-state index contributed by atoms with van der Waals surface area (Å²) in [6, 6.07) is 7.11. The van der Waals surface area contributed by atoms with Gasteiger partial charge in [-0.1, -0.05) is 12.1 Å². The van der Waals surface area contributed by atoms with Gasteiger partial charge in [-0.15, -0.1) is 0 Å². The number of para-hydroxylation sites is 2. The summed E-state index contributed by atoms with van der Waals surface area (Å²) in [5.41, 5.74) is -0.385. The van der Waals surface area contributed by atoms with Crippen LogP contribution in [0.5, 0.6) is 11.5 Å². The highest BCUT2D eigenvalue weighted by molar-refractivity contribution is 5.80. The number of likely N-dealkylation sites (tertiary alicyclic amines) is 1. The number of carbonyl (C=O) groups is 2. The largest absolute Gasteiger partial charge is 0.493 e. The van der Waals surface area contributed by atoms with Crippen LogP contribution in [-0.2, 0) is 14.3 Å². The molecular formula is C18H23NO6. The number of methoxy groups -OCH3 is 1. The number of hydrogen-bond acceptors (Lipinski definition) is 5. The predicted octanol–water partition coefficient (Wildman–Crippen LogP) is 1.41. The molecule has 7 nitrogen and oxygen atoms in total. The zero-order valence-corrected chi connectivity index (χ0v) is 14.3. The van der Waals surface area contributed by atoms with Gasteiger partial charge in [0, 0.05) is 31.7 Å². The number of amides is 1. The number of aliphatic carboxylic acids is 1. The van der Waals surface area contributed by atoms with E-state index in [0.717, 1.165) is 0 Å². The van der Waals surface area contributed by atoms with E-state index in [1.54, 1.807) is 23.1 Å². The van der Waals surface area contributed by atoms with Gasteiger partial charge in [0.1, 0.15) is 0 Å². The first-order valence-corrected chi connectivity index (χ1v) is 8.40. The molecule has 25 heavy (non-hydrogen) atoms. The Hall–Kier alpha value is -2.28. The number of hydrogen-bond donors (Lipinski definition) is 1. The Balaban J connectivity index is 1.65. The minimum absolute atomic E-state index is 0.140. The number of carboxylic acid groups (broad SMARTS) is 1. The third-order valence-electron chi connectivity index (χ3n) is 5.21. The molecule has 0 aromatic heterocycles. The molecular weight excluding hydrogens is 326 g/mol. The fourth-order valence-corrected chi connectivity index (χ4v) is 3.75. The zero-order chi connectivity index (χ0) is 17.9. The molecule has 0 saturated carbocycles. The van der Waals surface area contributed by atoms with Gasteiger partial charge in [-0.2, -0.15) is 0 Å². The Bertz CT molecular complexity index is 640. The van der Waals surface area contributed by atoms with Crippen LogP contribution in [0.2, 0.25) is 0 Å². The first kappa shape index (κ1) is 17.5. The van der Waals surface area contributed by atoms with E-state index in [-0.39, 0.29) is 24.5 Å². The van der Waals surface area contributed by atoms with Crippen molar-refractivity contribution in [2.24, 2.45) is 11.3 Å². The second kappa shape index (κ2) is 7.31. The normalized spacial score (nSPS) is 22.0. The summed E-state index contributed by atoms with van der Waals surface area (Å²) in [7, 11) is 1.54. The molecule has 0 radical (unpaired) electrons. The summed E-state index contributed by atoms with van der Waals surface area (Å²) < 4.78 is 16.2. The van der Waals surface area contributed by atoms with Gasteiger partial charge in [0.15, 0.2) is 18.1 Å². The number of carboxylic acids is 1. The molecule has 1 atom stereocenters. The smallest absolute Gasteiger partial charge is 0.308 e. The molecule has 136 valence electrons. The van der Waals surface area contributed by atoms with Crippen LogP contribution in [0.1, 0.15) is 12.8 Å². The van der Waals surface area contributed by atoms with Crippen molar-refractivity contribution in [3.8, 4) is 11.5 Å². The number of carbonyl (C=O) groups excluding carboxylic acids is 1. The van der Waals surface area contributed by atoms with E-state index in [1.165, 1.54) is 7.11 Å². The van der Waals surface area contributed by atoms with Crippen molar-refractivity contribution in [1.29, 1.82) is 0 Å². The van der Waals surface area contributed by atoms with Crippen LogP contribution in [0.3, 0.4) is 0 Å². The third-order valence-corrected chi connectivity index (χ3v) is 5.21. The van der Waals surface area contributed by atoms with Crippen molar-refractivity contribution in [1.82, 2.24) is 4.90 Å². The Morgan fingerprint density at radius 1 is 1.28 bits per heavy atom. The highest BCUT2D eigenvalue weighted by Gasteiger charge is 2.51. The minimum atomic E-state index is -0.845. The lowest BCUT2D eigenvalue weighted by molar-refractivity contribution is -0.146. The lowest BCUT2D eigenvalue weighted by atomic mass is 9.72. The Morgan fingerprint density at radius 2 is 1.96 bits per heavy atom. The standard InChI is InChI=1S/C18H23NO6/c1-23-14-4-2-3-5-15(14)25-11-16(20)19-10-13(17(21)22)18(12-19)6-8-24-9-7-18/h2-5,13H,6-12H2,1H3,(H,21,22). The summed E-state index contributed by atoms with van der Waals surface area (Å²) in [5.74, 6) is -0.552. The average molecular weight is 349 g/mol. The van der Waals surface area contributed by atoms with Gasteiger partial charge < -0.3 is 24.2 Å². The Morgan fingerprint density at radius 3 is 2.60 bits per heavy atom. The fraction of sp³-hybridized carbons (Fsp3) is 0.556. The van der Waals surface area contributed by atoms with E-state index in [4.69, 9.17) is 14.2 Å². The van der Waals surface area contributed by atoms with Crippen molar-refractivity contribution in [3.05, 3.63) is 24.3 Å². The molecule has 2 aliphatic rings. The maximum Gasteiger partial charge on any atom is 0.308 e. The summed E-state index contributed by atoms with van der Waals surface area (Å²) in [5, 5.41) is 9.58. The highest BCUT2D eigenvalue weighted by atomic mass is 16.5. The lowest BCUT2D eigenvalue weighted by Gasteiger charge is -2.36. The number of rotatable bonds is 5. The Kier molecular flexibility index (Phi) is 5.13.